The van der Waals surface area contributed by atoms with E-state index >= 15 is 0 Å². The third kappa shape index (κ3) is 6.29. The highest BCUT2D eigenvalue weighted by Gasteiger charge is 2.38. The SMILES string of the molecule is CC(C)(C)[Si](C)(C)OC[C@H](NC(=O)OCC1c2ccccc2-c2ccccc21)C(=O)NCC(=O)O. The van der Waals surface area contributed by atoms with Crippen LogP contribution in [0.5, 0.6) is 0 Å². The maximum atomic E-state index is 12.7. The molecule has 0 spiro atoms. The molecule has 0 aliphatic heterocycles. The van der Waals surface area contributed by atoms with Crippen molar-refractivity contribution in [2.24, 2.45) is 0 Å². The summed E-state index contributed by atoms with van der Waals surface area (Å²) in [5.41, 5.74) is 4.40. The van der Waals surface area contributed by atoms with Crippen LogP contribution in [0.3, 0.4) is 0 Å². The van der Waals surface area contributed by atoms with Crippen LogP contribution in [0.4, 0.5) is 4.79 Å². The second kappa shape index (κ2) is 10.6. The van der Waals surface area contributed by atoms with Crippen molar-refractivity contribution in [1.82, 2.24) is 10.6 Å². The molecule has 2 aromatic rings. The summed E-state index contributed by atoms with van der Waals surface area (Å²) in [7, 11) is -2.22. The Balaban J connectivity index is 1.68. The van der Waals surface area contributed by atoms with Crippen molar-refractivity contribution in [1.29, 1.82) is 0 Å². The molecule has 0 saturated carbocycles. The number of benzene rings is 2. The Morgan fingerprint density at radius 1 is 1.00 bits per heavy atom. The highest BCUT2D eigenvalue weighted by atomic mass is 28.4. The molecule has 9 heteroatoms. The lowest BCUT2D eigenvalue weighted by atomic mass is 9.98. The van der Waals surface area contributed by atoms with Gasteiger partial charge in [0, 0.05) is 5.92 Å². The van der Waals surface area contributed by atoms with Crippen molar-refractivity contribution in [3.8, 4) is 11.1 Å². The average molecular weight is 499 g/mol. The minimum Gasteiger partial charge on any atom is -0.480 e. The van der Waals surface area contributed by atoms with Crippen molar-refractivity contribution in [2.75, 3.05) is 19.8 Å². The standard InChI is InChI=1S/C26H34N2O6Si/c1-26(2,3)35(4,5)34-16-22(24(31)27-14-23(29)30)28-25(32)33-15-21-19-12-8-6-10-17(19)18-11-7-9-13-20(18)21/h6-13,21-22H,14-16H2,1-5H3,(H,27,31)(H,28,32)(H,29,30)/t22-/m0/s1. The Morgan fingerprint density at radius 2 is 1.54 bits per heavy atom. The molecule has 0 saturated heterocycles. The van der Waals surface area contributed by atoms with Crippen LogP contribution in [0.15, 0.2) is 48.5 Å². The van der Waals surface area contributed by atoms with Gasteiger partial charge in [0.25, 0.3) is 0 Å². The number of hydrogen-bond acceptors (Lipinski definition) is 5. The van der Waals surface area contributed by atoms with Gasteiger partial charge in [-0.1, -0.05) is 69.3 Å². The van der Waals surface area contributed by atoms with Crippen LogP contribution in [0.1, 0.15) is 37.8 Å². The number of nitrogens with one attached hydrogen (secondary N) is 2. The van der Waals surface area contributed by atoms with E-state index in [4.69, 9.17) is 14.3 Å². The Bertz CT molecular complexity index is 1050. The van der Waals surface area contributed by atoms with E-state index in [1.807, 2.05) is 49.5 Å². The van der Waals surface area contributed by atoms with Gasteiger partial charge in [-0.2, -0.15) is 0 Å². The third-order valence-electron chi connectivity index (χ3n) is 6.78. The van der Waals surface area contributed by atoms with E-state index in [1.54, 1.807) is 0 Å². The smallest absolute Gasteiger partial charge is 0.407 e. The van der Waals surface area contributed by atoms with E-state index < -0.39 is 38.9 Å². The molecule has 3 rings (SSSR count). The molecule has 3 N–H and O–H groups in total. The molecule has 0 aromatic heterocycles. The molecule has 35 heavy (non-hydrogen) atoms. The normalized spacial score (nSPS) is 14.0. The zero-order valence-corrected chi connectivity index (χ0v) is 21.9. The number of alkyl carbamates (subject to hydrolysis) is 1. The van der Waals surface area contributed by atoms with Crippen LogP contribution < -0.4 is 10.6 Å². The number of fused-ring (bicyclic) bond motifs is 3. The summed E-state index contributed by atoms with van der Waals surface area (Å²) in [6.07, 6.45) is -0.763. The zero-order chi connectivity index (χ0) is 25.8. The van der Waals surface area contributed by atoms with E-state index in [-0.39, 0.29) is 24.2 Å². The molecule has 2 amide bonds. The average Bonchev–Trinajstić information content (AvgIpc) is 3.11. The van der Waals surface area contributed by atoms with Crippen LogP contribution in [-0.2, 0) is 18.8 Å². The summed E-state index contributed by atoms with van der Waals surface area (Å²) in [5, 5.41) is 13.7. The molecule has 0 fully saturated rings. The van der Waals surface area contributed by atoms with E-state index in [9.17, 15) is 14.4 Å². The van der Waals surface area contributed by atoms with Gasteiger partial charge in [0.2, 0.25) is 5.91 Å². The molecule has 0 bridgehead atoms. The molecule has 1 atom stereocenters. The molecule has 0 radical (unpaired) electrons. The Kier molecular flexibility index (Phi) is 8.02. The minimum absolute atomic E-state index is 0.0772. The fourth-order valence-electron chi connectivity index (χ4n) is 3.76. The largest absolute Gasteiger partial charge is 0.480 e. The maximum absolute atomic E-state index is 12.7. The van der Waals surface area contributed by atoms with Crippen molar-refractivity contribution >= 4 is 26.3 Å². The highest BCUT2D eigenvalue weighted by Crippen LogP contribution is 2.44. The van der Waals surface area contributed by atoms with E-state index in [1.165, 1.54) is 0 Å². The number of ether oxygens (including phenoxy) is 1. The summed E-state index contributed by atoms with van der Waals surface area (Å²) in [4.78, 5) is 36.2. The topological polar surface area (TPSA) is 114 Å². The quantitative estimate of drug-likeness (QED) is 0.448. The lowest BCUT2D eigenvalue weighted by Gasteiger charge is -2.37. The molecule has 1 aliphatic rings. The first kappa shape index (κ1) is 26.4. The van der Waals surface area contributed by atoms with Gasteiger partial charge >= 0.3 is 12.1 Å². The predicted octanol–water partition coefficient (Wildman–Crippen LogP) is 4.12. The van der Waals surface area contributed by atoms with Gasteiger partial charge in [-0.25, -0.2) is 4.79 Å². The minimum atomic E-state index is -2.22. The van der Waals surface area contributed by atoms with Gasteiger partial charge in [-0.3, -0.25) is 9.59 Å². The Hall–Kier alpha value is -3.17. The molecule has 188 valence electrons. The predicted molar refractivity (Wildman–Crippen MR) is 136 cm³/mol. The van der Waals surface area contributed by atoms with Crippen LogP contribution >= 0.6 is 0 Å². The van der Waals surface area contributed by atoms with Crippen molar-refractivity contribution in [3.05, 3.63) is 59.7 Å². The second-order valence-electron chi connectivity index (χ2n) is 10.2. The van der Waals surface area contributed by atoms with Crippen LogP contribution in [-0.4, -0.2) is 57.2 Å². The summed E-state index contributed by atoms with van der Waals surface area (Å²) in [6, 6.07) is 14.9. The van der Waals surface area contributed by atoms with Gasteiger partial charge < -0.3 is 24.9 Å². The van der Waals surface area contributed by atoms with E-state index in [0.29, 0.717) is 0 Å². The Morgan fingerprint density at radius 3 is 2.06 bits per heavy atom. The van der Waals surface area contributed by atoms with Crippen molar-refractivity contribution < 1.29 is 28.7 Å². The summed E-state index contributed by atoms with van der Waals surface area (Å²) < 4.78 is 11.7. The number of hydrogen-bond donors (Lipinski definition) is 3. The molecule has 0 heterocycles. The molecular weight excluding hydrogens is 464 g/mol. The van der Waals surface area contributed by atoms with E-state index in [0.717, 1.165) is 22.3 Å². The highest BCUT2D eigenvalue weighted by molar-refractivity contribution is 6.74. The number of carbonyl (C=O) groups excluding carboxylic acids is 2. The van der Waals surface area contributed by atoms with Crippen LogP contribution in [0.25, 0.3) is 11.1 Å². The summed E-state index contributed by atoms with van der Waals surface area (Å²) in [6.45, 7) is 9.74. The monoisotopic (exact) mass is 498 g/mol. The first-order chi connectivity index (χ1) is 16.4. The lowest BCUT2D eigenvalue weighted by Crippen LogP contribution is -2.53. The number of amides is 2. The number of aliphatic carboxylic acids is 1. The molecule has 2 aromatic carbocycles. The molecule has 1 aliphatic carbocycles. The molecule has 0 unspecified atom stereocenters. The van der Waals surface area contributed by atoms with Crippen LogP contribution in [0, 0.1) is 0 Å². The lowest BCUT2D eigenvalue weighted by molar-refractivity contribution is -0.138. The molecule has 8 nitrogen and oxygen atoms in total. The van der Waals surface area contributed by atoms with Crippen LogP contribution in [0.2, 0.25) is 18.1 Å². The van der Waals surface area contributed by atoms with Gasteiger partial charge in [0.1, 0.15) is 19.2 Å². The van der Waals surface area contributed by atoms with Gasteiger partial charge in [-0.15, -0.1) is 0 Å². The van der Waals surface area contributed by atoms with E-state index in [2.05, 4.69) is 43.5 Å². The number of carboxylic acid groups (broad SMARTS) is 1. The Labute approximate surface area is 207 Å². The van der Waals surface area contributed by atoms with Crippen molar-refractivity contribution in [2.45, 2.75) is 50.9 Å². The maximum Gasteiger partial charge on any atom is 0.407 e. The number of carboxylic acids is 1. The first-order valence-corrected chi connectivity index (χ1v) is 14.6. The van der Waals surface area contributed by atoms with Gasteiger partial charge in [0.15, 0.2) is 8.32 Å². The number of carbonyl (C=O) groups is 3. The molecular formula is C26H34N2O6Si. The third-order valence-corrected chi connectivity index (χ3v) is 11.3. The second-order valence-corrected chi connectivity index (χ2v) is 15.0. The fourth-order valence-corrected chi connectivity index (χ4v) is 4.78. The number of rotatable bonds is 9. The zero-order valence-electron chi connectivity index (χ0n) is 20.9. The first-order valence-electron chi connectivity index (χ1n) is 11.7. The fraction of sp³-hybridized carbons (Fsp3) is 0.423. The van der Waals surface area contributed by atoms with Crippen molar-refractivity contribution in [3.63, 3.8) is 0 Å². The summed E-state index contributed by atoms with van der Waals surface area (Å²) >= 11 is 0. The van der Waals surface area contributed by atoms with Gasteiger partial charge in [0.05, 0.1) is 6.61 Å². The summed E-state index contributed by atoms with van der Waals surface area (Å²) in [5.74, 6) is -1.93. The van der Waals surface area contributed by atoms with Gasteiger partial charge in [-0.05, 0) is 40.4 Å².